The zero-order valence-corrected chi connectivity index (χ0v) is 38.0. The van der Waals surface area contributed by atoms with Crippen molar-refractivity contribution in [2.45, 2.75) is 271 Å². The first-order valence-corrected chi connectivity index (χ1v) is 24.8. The SMILES string of the molecule is CCCCCCC(CCCCCC)OC(=O)CCCCCCCCCN(CCCCCCCCCC(=O)OC(CCCCCC)CCCCCC)CCNC. The first-order chi connectivity index (χ1) is 27.0. The summed E-state index contributed by atoms with van der Waals surface area (Å²) in [4.78, 5) is 27.8. The normalized spacial score (nSPS) is 11.7. The fraction of sp³-hybridized carbons (Fsp3) is 0.959. The van der Waals surface area contributed by atoms with E-state index in [2.05, 4.69) is 45.0 Å². The van der Waals surface area contributed by atoms with Crippen molar-refractivity contribution < 1.29 is 19.1 Å². The van der Waals surface area contributed by atoms with Crippen LogP contribution in [-0.4, -0.2) is 62.3 Å². The van der Waals surface area contributed by atoms with Gasteiger partial charge in [-0.1, -0.05) is 169 Å². The summed E-state index contributed by atoms with van der Waals surface area (Å²) in [6.07, 6.45) is 42.7. The second-order valence-corrected chi connectivity index (χ2v) is 17.0. The van der Waals surface area contributed by atoms with Crippen LogP contribution in [0.25, 0.3) is 0 Å². The number of esters is 2. The minimum Gasteiger partial charge on any atom is -0.462 e. The molecule has 0 atom stereocenters. The predicted molar refractivity (Wildman–Crippen MR) is 239 cm³/mol. The molecule has 55 heavy (non-hydrogen) atoms. The zero-order chi connectivity index (χ0) is 40.3. The summed E-state index contributed by atoms with van der Waals surface area (Å²) < 4.78 is 11.9. The third-order valence-corrected chi connectivity index (χ3v) is 11.5. The molecule has 0 radical (unpaired) electrons. The van der Waals surface area contributed by atoms with E-state index in [1.165, 1.54) is 180 Å². The van der Waals surface area contributed by atoms with E-state index in [1.807, 2.05) is 0 Å². The van der Waals surface area contributed by atoms with Crippen LogP contribution < -0.4 is 5.32 Å². The van der Waals surface area contributed by atoms with Gasteiger partial charge in [-0.3, -0.25) is 9.59 Å². The molecule has 328 valence electrons. The van der Waals surface area contributed by atoms with Gasteiger partial charge >= 0.3 is 11.9 Å². The van der Waals surface area contributed by atoms with Crippen molar-refractivity contribution in [1.82, 2.24) is 10.2 Å². The minimum atomic E-state index is 0.0384. The van der Waals surface area contributed by atoms with Crippen molar-refractivity contribution in [1.29, 1.82) is 0 Å². The van der Waals surface area contributed by atoms with E-state index in [0.29, 0.717) is 12.8 Å². The van der Waals surface area contributed by atoms with Crippen molar-refractivity contribution in [3.63, 3.8) is 0 Å². The molecule has 0 aromatic heterocycles. The van der Waals surface area contributed by atoms with Gasteiger partial charge in [0.1, 0.15) is 12.2 Å². The van der Waals surface area contributed by atoms with Crippen LogP contribution in [0.4, 0.5) is 0 Å². The summed E-state index contributed by atoms with van der Waals surface area (Å²) in [6.45, 7) is 13.6. The first-order valence-electron chi connectivity index (χ1n) is 24.8. The number of carbonyl (C=O) groups excluding carboxylic acids is 2. The molecule has 0 aromatic carbocycles. The molecule has 0 aromatic rings. The number of hydrogen-bond donors (Lipinski definition) is 1. The second kappa shape index (κ2) is 44.0. The highest BCUT2D eigenvalue weighted by molar-refractivity contribution is 5.69. The number of rotatable bonds is 45. The molecule has 0 amide bonds. The molecular weight excluding hydrogens is 681 g/mol. The Bertz CT molecular complexity index is 709. The van der Waals surface area contributed by atoms with Crippen LogP contribution in [0.1, 0.15) is 259 Å². The van der Waals surface area contributed by atoms with E-state index in [1.54, 1.807) is 0 Å². The highest BCUT2D eigenvalue weighted by Crippen LogP contribution is 2.19. The van der Waals surface area contributed by atoms with E-state index in [4.69, 9.17) is 9.47 Å². The molecule has 0 fully saturated rings. The van der Waals surface area contributed by atoms with E-state index in [9.17, 15) is 9.59 Å². The van der Waals surface area contributed by atoms with Gasteiger partial charge in [0.15, 0.2) is 0 Å². The number of carbonyl (C=O) groups is 2. The van der Waals surface area contributed by atoms with Gasteiger partial charge in [-0.25, -0.2) is 0 Å². The number of nitrogens with zero attached hydrogens (tertiary/aromatic N) is 1. The molecule has 0 aliphatic carbocycles. The molecule has 6 heteroatoms. The maximum absolute atomic E-state index is 12.6. The summed E-state index contributed by atoms with van der Waals surface area (Å²) in [5, 5.41) is 3.34. The highest BCUT2D eigenvalue weighted by atomic mass is 16.5. The molecule has 0 saturated carbocycles. The van der Waals surface area contributed by atoms with Gasteiger partial charge in [0, 0.05) is 25.9 Å². The van der Waals surface area contributed by atoms with Gasteiger partial charge in [0.25, 0.3) is 0 Å². The van der Waals surface area contributed by atoms with Gasteiger partial charge in [-0.05, 0) is 97.2 Å². The van der Waals surface area contributed by atoms with Crippen LogP contribution in [0.5, 0.6) is 0 Å². The Morgan fingerprint density at radius 3 is 1.00 bits per heavy atom. The van der Waals surface area contributed by atoms with Crippen LogP contribution >= 0.6 is 0 Å². The second-order valence-electron chi connectivity index (χ2n) is 17.0. The largest absolute Gasteiger partial charge is 0.462 e. The zero-order valence-electron chi connectivity index (χ0n) is 38.0. The van der Waals surface area contributed by atoms with Crippen molar-refractivity contribution in [2.75, 3.05) is 33.2 Å². The summed E-state index contributed by atoms with van der Waals surface area (Å²) in [5.41, 5.74) is 0. The molecule has 0 aliphatic rings. The van der Waals surface area contributed by atoms with E-state index in [-0.39, 0.29) is 24.1 Å². The Morgan fingerprint density at radius 1 is 0.400 bits per heavy atom. The van der Waals surface area contributed by atoms with Crippen LogP contribution in [0, 0.1) is 0 Å². The summed E-state index contributed by atoms with van der Waals surface area (Å²) in [6, 6.07) is 0. The third-order valence-electron chi connectivity index (χ3n) is 11.5. The standard InChI is InChI=1S/C49H98N2O4/c1-6-10-14-28-36-46(37-29-15-11-7-2)54-48(52)40-32-24-20-18-22-26-34-43-51(45-42-50-5)44-35-27-23-19-21-25-33-41-49(53)55-47(38-30-16-12-8-3)39-31-17-13-9-4/h46-47,50H,6-45H2,1-5H3. The molecule has 0 aliphatic heterocycles. The first kappa shape index (κ1) is 53.9. The molecule has 0 saturated heterocycles. The fourth-order valence-electron chi connectivity index (χ4n) is 7.79. The van der Waals surface area contributed by atoms with Crippen LogP contribution in [-0.2, 0) is 19.1 Å². The van der Waals surface area contributed by atoms with Crippen molar-refractivity contribution in [3.8, 4) is 0 Å². The molecule has 0 rings (SSSR count). The number of hydrogen-bond acceptors (Lipinski definition) is 6. The smallest absolute Gasteiger partial charge is 0.306 e. The average molecular weight is 779 g/mol. The molecule has 0 heterocycles. The topological polar surface area (TPSA) is 67.9 Å². The Labute approximate surface area is 344 Å². The Balaban J connectivity index is 4.02. The van der Waals surface area contributed by atoms with Crippen LogP contribution in [0.15, 0.2) is 0 Å². The van der Waals surface area contributed by atoms with Crippen molar-refractivity contribution in [3.05, 3.63) is 0 Å². The van der Waals surface area contributed by atoms with Crippen molar-refractivity contribution in [2.24, 2.45) is 0 Å². The summed E-state index contributed by atoms with van der Waals surface area (Å²) in [7, 11) is 2.06. The lowest BCUT2D eigenvalue weighted by molar-refractivity contribution is -0.151. The van der Waals surface area contributed by atoms with Gasteiger partial charge < -0.3 is 19.7 Å². The lowest BCUT2D eigenvalue weighted by atomic mass is 10.0. The number of nitrogens with one attached hydrogen (secondary N) is 1. The van der Waals surface area contributed by atoms with E-state index in [0.717, 1.165) is 64.5 Å². The molecule has 0 spiro atoms. The number of likely N-dealkylation sites (N-methyl/N-ethyl adjacent to an activating group) is 1. The lowest BCUT2D eigenvalue weighted by Gasteiger charge is -2.22. The summed E-state index contributed by atoms with van der Waals surface area (Å²) >= 11 is 0. The number of ether oxygens (including phenoxy) is 2. The van der Waals surface area contributed by atoms with Crippen LogP contribution in [0.2, 0.25) is 0 Å². The van der Waals surface area contributed by atoms with E-state index < -0.39 is 0 Å². The van der Waals surface area contributed by atoms with Gasteiger partial charge in [-0.2, -0.15) is 0 Å². The van der Waals surface area contributed by atoms with Gasteiger partial charge in [0.2, 0.25) is 0 Å². The van der Waals surface area contributed by atoms with Gasteiger partial charge in [0.05, 0.1) is 0 Å². The van der Waals surface area contributed by atoms with Gasteiger partial charge in [-0.15, -0.1) is 0 Å². The lowest BCUT2D eigenvalue weighted by Crippen LogP contribution is -2.32. The Kier molecular flexibility index (Phi) is 43.1. The molecular formula is C49H98N2O4. The monoisotopic (exact) mass is 779 g/mol. The summed E-state index contributed by atoms with van der Waals surface area (Å²) in [5.74, 6) is 0.0768. The van der Waals surface area contributed by atoms with E-state index >= 15 is 0 Å². The quantitative estimate of drug-likeness (QED) is 0.0490. The average Bonchev–Trinajstić information content (AvgIpc) is 3.18. The third kappa shape index (κ3) is 39.5. The maximum atomic E-state index is 12.6. The predicted octanol–water partition coefficient (Wildman–Crippen LogP) is 14.5. The molecule has 6 nitrogen and oxygen atoms in total. The Morgan fingerprint density at radius 2 is 0.691 bits per heavy atom. The molecule has 0 unspecified atom stereocenters. The van der Waals surface area contributed by atoms with Crippen LogP contribution in [0.3, 0.4) is 0 Å². The Hall–Kier alpha value is -1.14. The maximum Gasteiger partial charge on any atom is 0.306 e. The van der Waals surface area contributed by atoms with Crippen molar-refractivity contribution >= 4 is 11.9 Å². The highest BCUT2D eigenvalue weighted by Gasteiger charge is 2.15. The fourth-order valence-corrected chi connectivity index (χ4v) is 7.79. The minimum absolute atomic E-state index is 0.0384. The number of unbranched alkanes of at least 4 members (excludes halogenated alkanes) is 24. The molecule has 1 N–H and O–H groups in total. The molecule has 0 bridgehead atoms.